The van der Waals surface area contributed by atoms with Crippen molar-refractivity contribution in [3.8, 4) is 0 Å². The molecular weight excluding hydrogens is 370 g/mol. The van der Waals surface area contributed by atoms with Gasteiger partial charge in [-0.25, -0.2) is 22.2 Å². The number of carbonyl (C=O) groups excluding carboxylic acids is 2. The lowest BCUT2D eigenvalue weighted by molar-refractivity contribution is -0.109. The minimum atomic E-state index is -3.77. The highest BCUT2D eigenvalue weighted by atomic mass is 32.2. The number of hydrogen-bond acceptors (Lipinski definition) is 6. The summed E-state index contributed by atoms with van der Waals surface area (Å²) < 4.78 is 31.3. The van der Waals surface area contributed by atoms with Crippen molar-refractivity contribution >= 4 is 22.4 Å². The van der Waals surface area contributed by atoms with E-state index < -0.39 is 27.8 Å². The van der Waals surface area contributed by atoms with E-state index in [2.05, 4.69) is 10.3 Å². The molecule has 0 saturated heterocycles. The Kier molecular flexibility index (Phi) is 6.04. The fourth-order valence-electron chi connectivity index (χ4n) is 2.23. The lowest BCUT2D eigenvalue weighted by atomic mass is 10.2. The molecule has 1 heterocycles. The van der Waals surface area contributed by atoms with Crippen LogP contribution in [0.1, 0.15) is 32.0 Å². The van der Waals surface area contributed by atoms with Gasteiger partial charge in [-0.05, 0) is 39.8 Å². The largest absolute Gasteiger partial charge is 0.444 e. The van der Waals surface area contributed by atoms with Gasteiger partial charge in [-0.3, -0.25) is 0 Å². The minimum absolute atomic E-state index is 0.0408. The smallest absolute Gasteiger partial charge is 0.408 e. The van der Waals surface area contributed by atoms with Gasteiger partial charge in [0.2, 0.25) is 0 Å². The number of hydrogen-bond donors (Lipinski definition) is 1. The van der Waals surface area contributed by atoms with Crippen molar-refractivity contribution in [3.63, 3.8) is 0 Å². The molecule has 27 heavy (non-hydrogen) atoms. The number of imidazole rings is 1. The van der Waals surface area contributed by atoms with Crippen LogP contribution < -0.4 is 5.32 Å². The van der Waals surface area contributed by atoms with Crippen molar-refractivity contribution in [1.29, 1.82) is 0 Å². The molecule has 0 saturated carbocycles. The quantitative estimate of drug-likeness (QED) is 0.753. The highest BCUT2D eigenvalue weighted by Gasteiger charge is 2.21. The Balaban J connectivity index is 2.11. The molecule has 1 amide bonds. The van der Waals surface area contributed by atoms with Crippen LogP contribution in [0.5, 0.6) is 0 Å². The third-order valence-corrected chi connectivity index (χ3v) is 5.13. The molecule has 0 radical (unpaired) electrons. The molecule has 9 heteroatoms. The van der Waals surface area contributed by atoms with E-state index in [0.717, 1.165) is 9.54 Å². The number of aldehydes is 1. The lowest BCUT2D eigenvalue weighted by Gasteiger charge is -2.21. The van der Waals surface area contributed by atoms with E-state index in [1.54, 1.807) is 32.9 Å². The molecule has 146 valence electrons. The number of alkyl carbamates (subject to hydrolysis) is 1. The van der Waals surface area contributed by atoms with Gasteiger partial charge in [0.25, 0.3) is 10.0 Å². The van der Waals surface area contributed by atoms with Crippen molar-refractivity contribution in [2.24, 2.45) is 0 Å². The molecule has 1 N–H and O–H groups in total. The minimum Gasteiger partial charge on any atom is -0.444 e. The summed E-state index contributed by atoms with van der Waals surface area (Å²) in [5, 5.41) is 2.43. The third kappa shape index (κ3) is 5.65. The average molecular weight is 393 g/mol. The molecule has 0 aliphatic carbocycles. The third-order valence-electron chi connectivity index (χ3n) is 3.51. The fourth-order valence-corrected chi connectivity index (χ4v) is 3.39. The molecule has 1 aromatic carbocycles. The Hall–Kier alpha value is -2.68. The Labute approximate surface area is 158 Å². The van der Waals surface area contributed by atoms with E-state index in [9.17, 15) is 18.0 Å². The molecule has 0 aliphatic heterocycles. The number of rotatable bonds is 6. The van der Waals surface area contributed by atoms with Gasteiger partial charge in [-0.2, -0.15) is 0 Å². The summed E-state index contributed by atoms with van der Waals surface area (Å²) in [6.07, 6.45) is 2.35. The Bertz CT molecular complexity index is 911. The maximum absolute atomic E-state index is 12.6. The highest BCUT2D eigenvalue weighted by Crippen LogP contribution is 2.15. The molecule has 0 spiro atoms. The lowest BCUT2D eigenvalue weighted by Crippen LogP contribution is -2.41. The van der Waals surface area contributed by atoms with Gasteiger partial charge in [0.05, 0.1) is 16.6 Å². The van der Waals surface area contributed by atoms with E-state index in [0.29, 0.717) is 12.0 Å². The van der Waals surface area contributed by atoms with Gasteiger partial charge >= 0.3 is 6.09 Å². The Morgan fingerprint density at radius 2 is 1.93 bits per heavy atom. The summed E-state index contributed by atoms with van der Waals surface area (Å²) in [5.41, 5.74) is 0.599. The molecule has 2 rings (SSSR count). The molecule has 0 aliphatic rings. The predicted molar refractivity (Wildman–Crippen MR) is 98.9 cm³/mol. The van der Waals surface area contributed by atoms with E-state index in [1.807, 2.05) is 6.92 Å². The zero-order valence-electron chi connectivity index (χ0n) is 15.7. The van der Waals surface area contributed by atoms with Gasteiger partial charge in [-0.1, -0.05) is 17.7 Å². The topological polar surface area (TPSA) is 107 Å². The van der Waals surface area contributed by atoms with Gasteiger partial charge in [0.15, 0.2) is 0 Å². The highest BCUT2D eigenvalue weighted by molar-refractivity contribution is 7.90. The fraction of sp³-hybridized carbons (Fsp3) is 0.389. The zero-order chi connectivity index (χ0) is 20.2. The standard InChI is InChI=1S/C18H23N3O5S/c1-13-5-7-16(8-6-13)27(24,25)21-10-14(19-12-21)9-15(11-22)20-17(23)26-18(2,3)4/h5-8,10-12,15H,9H2,1-4H3,(H,20,23)/t15-/m0/s1. The first kappa shape index (κ1) is 20.6. The second-order valence-corrected chi connectivity index (χ2v) is 8.95. The number of benzene rings is 1. The monoisotopic (exact) mass is 393 g/mol. The first-order valence-electron chi connectivity index (χ1n) is 8.31. The van der Waals surface area contributed by atoms with Gasteiger partial charge in [0.1, 0.15) is 18.2 Å². The predicted octanol–water partition coefficient (Wildman–Crippen LogP) is 2.06. The van der Waals surface area contributed by atoms with Gasteiger partial charge in [-0.15, -0.1) is 0 Å². The van der Waals surface area contributed by atoms with Crippen LogP contribution in [-0.4, -0.2) is 41.4 Å². The number of nitrogens with zero attached hydrogens (tertiary/aromatic N) is 2. The number of ether oxygens (including phenoxy) is 1. The maximum Gasteiger partial charge on any atom is 0.408 e. The average Bonchev–Trinajstić information content (AvgIpc) is 3.02. The normalized spacial score (nSPS) is 13.0. The summed E-state index contributed by atoms with van der Waals surface area (Å²) >= 11 is 0. The van der Waals surface area contributed by atoms with Crippen LogP contribution in [0.25, 0.3) is 0 Å². The first-order valence-corrected chi connectivity index (χ1v) is 9.75. The SMILES string of the molecule is Cc1ccc(S(=O)(=O)n2cnc(C[C@@H](C=O)NC(=O)OC(C)(C)C)c2)cc1. The Morgan fingerprint density at radius 3 is 2.48 bits per heavy atom. The molecule has 2 aromatic rings. The van der Waals surface area contributed by atoms with Crippen LogP contribution in [-0.2, 0) is 26.0 Å². The number of nitrogens with one attached hydrogen (secondary N) is 1. The van der Waals surface area contributed by atoms with Gasteiger partial charge < -0.3 is 14.8 Å². The molecule has 1 aromatic heterocycles. The van der Waals surface area contributed by atoms with Gasteiger partial charge in [0, 0.05) is 12.6 Å². The number of carbonyl (C=O) groups is 2. The maximum atomic E-state index is 12.6. The van der Waals surface area contributed by atoms with Crippen LogP contribution in [0.4, 0.5) is 4.79 Å². The van der Waals surface area contributed by atoms with Crippen molar-refractivity contribution < 1.29 is 22.7 Å². The number of aryl methyl sites for hydroxylation is 1. The summed E-state index contributed by atoms with van der Waals surface area (Å²) in [6.45, 7) is 6.99. The summed E-state index contributed by atoms with van der Waals surface area (Å²) in [5.74, 6) is 0. The zero-order valence-corrected chi connectivity index (χ0v) is 16.5. The van der Waals surface area contributed by atoms with Crippen LogP contribution >= 0.6 is 0 Å². The second-order valence-electron chi connectivity index (χ2n) is 7.11. The van der Waals surface area contributed by atoms with Crippen molar-refractivity contribution in [2.75, 3.05) is 0 Å². The molecule has 8 nitrogen and oxygen atoms in total. The first-order chi connectivity index (χ1) is 12.5. The molecule has 0 fully saturated rings. The van der Waals surface area contributed by atoms with Crippen LogP contribution in [0.3, 0.4) is 0 Å². The summed E-state index contributed by atoms with van der Waals surface area (Å²) in [7, 11) is -3.77. The van der Waals surface area contributed by atoms with Crippen molar-refractivity contribution in [3.05, 3.63) is 48.0 Å². The molecular formula is C18H23N3O5S. The summed E-state index contributed by atoms with van der Waals surface area (Å²) in [4.78, 5) is 27.2. The van der Waals surface area contributed by atoms with E-state index in [1.165, 1.54) is 24.7 Å². The summed E-state index contributed by atoms with van der Waals surface area (Å²) in [6, 6.07) is 5.56. The number of aromatic nitrogens is 2. The van der Waals surface area contributed by atoms with Crippen molar-refractivity contribution in [1.82, 2.24) is 14.3 Å². The Morgan fingerprint density at radius 1 is 1.30 bits per heavy atom. The van der Waals surface area contributed by atoms with Crippen LogP contribution in [0.15, 0.2) is 41.7 Å². The number of amides is 1. The molecule has 0 bridgehead atoms. The van der Waals surface area contributed by atoms with Crippen molar-refractivity contribution in [2.45, 2.75) is 50.7 Å². The second kappa shape index (κ2) is 7.91. The molecule has 1 atom stereocenters. The van der Waals surface area contributed by atoms with Crippen LogP contribution in [0, 0.1) is 6.92 Å². The molecule has 0 unspecified atom stereocenters. The van der Waals surface area contributed by atoms with E-state index in [-0.39, 0.29) is 11.3 Å². The van der Waals surface area contributed by atoms with E-state index >= 15 is 0 Å². The van der Waals surface area contributed by atoms with Crippen LogP contribution in [0.2, 0.25) is 0 Å². The van der Waals surface area contributed by atoms with E-state index in [4.69, 9.17) is 4.74 Å².